The van der Waals surface area contributed by atoms with Crippen molar-refractivity contribution < 1.29 is 0 Å². The van der Waals surface area contributed by atoms with Gasteiger partial charge < -0.3 is 10.6 Å². The highest BCUT2D eigenvalue weighted by molar-refractivity contribution is 5.92. The highest BCUT2D eigenvalue weighted by Crippen LogP contribution is 2.37. The zero-order valence-electron chi connectivity index (χ0n) is 15.6. The zero-order chi connectivity index (χ0) is 17.5. The lowest BCUT2D eigenvalue weighted by atomic mass is 9.90. The fourth-order valence-electron chi connectivity index (χ4n) is 5.28. The number of anilines is 2. The van der Waals surface area contributed by atoms with Crippen LogP contribution in [0, 0.1) is 0 Å². The molecule has 2 aromatic rings. The van der Waals surface area contributed by atoms with Gasteiger partial charge in [-0.25, -0.2) is 4.98 Å². The summed E-state index contributed by atoms with van der Waals surface area (Å²) < 4.78 is 0. The minimum Gasteiger partial charge on any atom is -0.384 e. The Morgan fingerprint density at radius 1 is 0.923 bits per heavy atom. The molecule has 0 atom stereocenters. The Morgan fingerprint density at radius 2 is 1.69 bits per heavy atom. The van der Waals surface area contributed by atoms with Crippen molar-refractivity contribution in [2.75, 3.05) is 30.3 Å². The normalized spacial score (nSPS) is 22.7. The quantitative estimate of drug-likeness (QED) is 0.866. The summed E-state index contributed by atoms with van der Waals surface area (Å²) in [5.74, 6) is 1.86. The fraction of sp³-hybridized carbons (Fsp3) is 0.700. The summed E-state index contributed by atoms with van der Waals surface area (Å²) in [6, 6.07) is 0.742. The molecule has 1 aliphatic carbocycles. The zero-order valence-corrected chi connectivity index (χ0v) is 15.6. The van der Waals surface area contributed by atoms with Gasteiger partial charge in [-0.05, 0) is 44.1 Å². The molecule has 0 spiro atoms. The number of pyridine rings is 1. The maximum Gasteiger partial charge on any atom is 0.185 e. The molecule has 5 rings (SSSR count). The van der Waals surface area contributed by atoms with Gasteiger partial charge in [0.05, 0.1) is 5.39 Å². The largest absolute Gasteiger partial charge is 0.384 e. The van der Waals surface area contributed by atoms with Crippen molar-refractivity contribution >= 4 is 22.7 Å². The molecule has 0 unspecified atom stereocenters. The number of aromatic amines is 1. The molecule has 26 heavy (non-hydrogen) atoms. The number of nitrogens with two attached hydrogens (primary N) is 1. The number of nitrogens with one attached hydrogen (secondary N) is 1. The SMILES string of the molecule is Nc1[nH]nc2nc(N3CCCCC3)c3c(c12)CN(C1CCCCC1)CC3. The van der Waals surface area contributed by atoms with Crippen molar-refractivity contribution in [1.82, 2.24) is 20.1 Å². The molecular formula is C20H30N6. The molecule has 4 heterocycles. The molecule has 0 amide bonds. The number of fused-ring (bicyclic) bond motifs is 3. The van der Waals surface area contributed by atoms with Crippen LogP contribution in [0.4, 0.5) is 11.6 Å². The van der Waals surface area contributed by atoms with Gasteiger partial charge in [0.25, 0.3) is 0 Å². The van der Waals surface area contributed by atoms with Gasteiger partial charge in [-0.2, -0.15) is 5.10 Å². The van der Waals surface area contributed by atoms with E-state index in [1.54, 1.807) is 0 Å². The summed E-state index contributed by atoms with van der Waals surface area (Å²) in [6.07, 6.45) is 11.8. The molecule has 2 fully saturated rings. The molecule has 6 heteroatoms. The Balaban J connectivity index is 1.55. The van der Waals surface area contributed by atoms with Crippen LogP contribution in [0.2, 0.25) is 0 Å². The number of hydrogen-bond donors (Lipinski definition) is 2. The Morgan fingerprint density at radius 3 is 2.50 bits per heavy atom. The van der Waals surface area contributed by atoms with Gasteiger partial charge in [0.2, 0.25) is 0 Å². The van der Waals surface area contributed by atoms with Crippen LogP contribution in [0.3, 0.4) is 0 Å². The van der Waals surface area contributed by atoms with Crippen LogP contribution < -0.4 is 10.6 Å². The first kappa shape index (κ1) is 16.4. The molecule has 0 radical (unpaired) electrons. The van der Waals surface area contributed by atoms with E-state index in [1.165, 1.54) is 68.3 Å². The lowest BCUT2D eigenvalue weighted by Crippen LogP contribution is -2.41. The number of piperidine rings is 1. The summed E-state index contributed by atoms with van der Waals surface area (Å²) in [7, 11) is 0. The van der Waals surface area contributed by atoms with Gasteiger partial charge in [-0.15, -0.1) is 0 Å². The van der Waals surface area contributed by atoms with Gasteiger partial charge >= 0.3 is 0 Å². The third-order valence-corrected chi connectivity index (χ3v) is 6.68. The maximum absolute atomic E-state index is 6.26. The smallest absolute Gasteiger partial charge is 0.185 e. The Bertz CT molecular complexity index is 785. The van der Waals surface area contributed by atoms with E-state index in [2.05, 4.69) is 20.0 Å². The van der Waals surface area contributed by atoms with Crippen molar-refractivity contribution in [2.45, 2.75) is 70.4 Å². The molecule has 3 N–H and O–H groups in total. The highest BCUT2D eigenvalue weighted by atomic mass is 15.2. The van der Waals surface area contributed by atoms with E-state index in [1.807, 2.05) is 0 Å². The summed E-state index contributed by atoms with van der Waals surface area (Å²) >= 11 is 0. The maximum atomic E-state index is 6.26. The van der Waals surface area contributed by atoms with Gasteiger partial charge in [-0.3, -0.25) is 10.00 Å². The Hall–Kier alpha value is -1.82. The van der Waals surface area contributed by atoms with E-state index in [-0.39, 0.29) is 0 Å². The number of nitrogen functional groups attached to an aromatic ring is 1. The van der Waals surface area contributed by atoms with E-state index >= 15 is 0 Å². The molecule has 0 aromatic carbocycles. The van der Waals surface area contributed by atoms with E-state index in [4.69, 9.17) is 10.7 Å². The first-order valence-corrected chi connectivity index (χ1v) is 10.5. The van der Waals surface area contributed by atoms with Gasteiger partial charge in [0, 0.05) is 37.8 Å². The first-order chi connectivity index (χ1) is 12.8. The average Bonchev–Trinajstić information content (AvgIpc) is 3.09. The van der Waals surface area contributed by atoms with Crippen molar-refractivity contribution in [3.63, 3.8) is 0 Å². The van der Waals surface area contributed by atoms with Gasteiger partial charge in [0.1, 0.15) is 11.6 Å². The predicted molar refractivity (Wildman–Crippen MR) is 105 cm³/mol. The second-order valence-corrected chi connectivity index (χ2v) is 8.29. The van der Waals surface area contributed by atoms with Crippen LogP contribution >= 0.6 is 0 Å². The number of nitrogens with zero attached hydrogens (tertiary/aromatic N) is 4. The van der Waals surface area contributed by atoms with E-state index < -0.39 is 0 Å². The van der Waals surface area contributed by atoms with E-state index in [0.717, 1.165) is 49.7 Å². The summed E-state index contributed by atoms with van der Waals surface area (Å²) in [4.78, 5) is 10.1. The van der Waals surface area contributed by atoms with Crippen molar-refractivity contribution in [3.05, 3.63) is 11.1 Å². The van der Waals surface area contributed by atoms with Gasteiger partial charge in [-0.1, -0.05) is 19.3 Å². The average molecular weight is 355 g/mol. The van der Waals surface area contributed by atoms with Crippen LogP contribution in [0.5, 0.6) is 0 Å². The standard InChI is InChI=1S/C20H30N6/c21-18-17-16-13-26(14-7-3-1-4-8-14)12-9-15(16)20(22-19(17)24-23-18)25-10-5-2-6-11-25/h14H,1-13H2,(H3,21,22,23,24). The summed E-state index contributed by atoms with van der Waals surface area (Å²) in [5, 5.41) is 8.46. The van der Waals surface area contributed by atoms with E-state index in [9.17, 15) is 0 Å². The highest BCUT2D eigenvalue weighted by Gasteiger charge is 2.31. The van der Waals surface area contributed by atoms with Crippen LogP contribution in [0.15, 0.2) is 0 Å². The molecule has 0 bridgehead atoms. The number of rotatable bonds is 2. The third-order valence-electron chi connectivity index (χ3n) is 6.68. The van der Waals surface area contributed by atoms with Crippen molar-refractivity contribution in [3.8, 4) is 0 Å². The molecule has 6 nitrogen and oxygen atoms in total. The summed E-state index contributed by atoms with van der Waals surface area (Å²) in [6.45, 7) is 4.40. The van der Waals surface area contributed by atoms with Crippen LogP contribution in [0.25, 0.3) is 11.0 Å². The monoisotopic (exact) mass is 354 g/mol. The topological polar surface area (TPSA) is 74.1 Å². The number of H-pyrrole nitrogens is 1. The second kappa shape index (κ2) is 6.72. The molecule has 3 aliphatic rings. The summed E-state index contributed by atoms with van der Waals surface area (Å²) in [5.41, 5.74) is 9.88. The van der Waals surface area contributed by atoms with Crippen molar-refractivity contribution in [2.24, 2.45) is 0 Å². The first-order valence-electron chi connectivity index (χ1n) is 10.5. The molecular weight excluding hydrogens is 324 g/mol. The fourth-order valence-corrected chi connectivity index (χ4v) is 5.28. The van der Waals surface area contributed by atoms with Crippen molar-refractivity contribution in [1.29, 1.82) is 0 Å². The number of hydrogen-bond acceptors (Lipinski definition) is 5. The minimum absolute atomic E-state index is 0.680. The minimum atomic E-state index is 0.680. The lowest BCUT2D eigenvalue weighted by Gasteiger charge is -2.39. The Kier molecular flexibility index (Phi) is 4.23. The lowest BCUT2D eigenvalue weighted by molar-refractivity contribution is 0.142. The second-order valence-electron chi connectivity index (χ2n) is 8.29. The molecule has 1 saturated carbocycles. The van der Waals surface area contributed by atoms with E-state index in [0.29, 0.717) is 5.82 Å². The molecule has 2 aliphatic heterocycles. The Labute approximate surface area is 155 Å². The number of aromatic nitrogens is 3. The van der Waals surface area contributed by atoms with Crippen LogP contribution in [-0.2, 0) is 13.0 Å². The van der Waals surface area contributed by atoms with Crippen LogP contribution in [-0.4, -0.2) is 45.8 Å². The third kappa shape index (κ3) is 2.75. The molecule has 1 saturated heterocycles. The molecule has 140 valence electrons. The van der Waals surface area contributed by atoms with Gasteiger partial charge in [0.15, 0.2) is 5.65 Å². The van der Waals surface area contributed by atoms with Crippen LogP contribution in [0.1, 0.15) is 62.5 Å². The molecule has 2 aromatic heterocycles. The predicted octanol–water partition coefficient (Wildman–Crippen LogP) is 3.22.